The summed E-state index contributed by atoms with van der Waals surface area (Å²) in [6.07, 6.45) is 1.72. The van der Waals surface area contributed by atoms with E-state index in [4.69, 9.17) is 0 Å². The van der Waals surface area contributed by atoms with Crippen LogP contribution in [0.2, 0.25) is 0 Å². The van der Waals surface area contributed by atoms with E-state index in [2.05, 4.69) is 19.2 Å². The smallest absolute Gasteiger partial charge is 0.244 e. The molecule has 8 heteroatoms. The molecule has 176 valence electrons. The molecule has 4 rings (SSSR count). The number of nitrogens with zero attached hydrogens (tertiary/aromatic N) is 2. The van der Waals surface area contributed by atoms with Gasteiger partial charge in [0.2, 0.25) is 21.8 Å². The fraction of sp³-hybridized carbons (Fsp3) is 0.440. The average Bonchev–Trinajstić information content (AvgIpc) is 3.38. The number of carbonyl (C=O) groups excluding carboxylic acids is 2. The van der Waals surface area contributed by atoms with Crippen molar-refractivity contribution in [1.82, 2.24) is 4.31 Å². The number of rotatable bonds is 6. The summed E-state index contributed by atoms with van der Waals surface area (Å²) in [5.74, 6) is -0.133. The third-order valence-electron chi connectivity index (χ3n) is 6.58. The van der Waals surface area contributed by atoms with E-state index < -0.39 is 15.4 Å². The maximum Gasteiger partial charge on any atom is 0.244 e. The Hall–Kier alpha value is -2.71. The van der Waals surface area contributed by atoms with Gasteiger partial charge in [-0.1, -0.05) is 26.0 Å². The monoisotopic (exact) mass is 469 g/mol. The standard InChI is InChI=1S/C25H31N3O4S/c1-17(2)18-7-9-19(10-8-18)26-23(29)16-28-22-12-11-20(15-21(22)25(3,4)24(28)30)33(31,32)27-13-5-6-14-27/h7-12,15,17H,5-6,13-14,16H2,1-4H3,(H,26,29). The molecule has 2 aliphatic heterocycles. The highest BCUT2D eigenvalue weighted by molar-refractivity contribution is 7.89. The van der Waals surface area contributed by atoms with Crippen molar-refractivity contribution in [2.75, 3.05) is 29.9 Å². The lowest BCUT2D eigenvalue weighted by Gasteiger charge is -2.20. The summed E-state index contributed by atoms with van der Waals surface area (Å²) in [5.41, 5.74) is 2.13. The number of anilines is 2. The van der Waals surface area contributed by atoms with Crippen molar-refractivity contribution >= 4 is 33.2 Å². The van der Waals surface area contributed by atoms with Crippen LogP contribution in [0.5, 0.6) is 0 Å². The lowest BCUT2D eigenvalue weighted by molar-refractivity contribution is -0.124. The zero-order chi connectivity index (χ0) is 24.0. The van der Waals surface area contributed by atoms with Gasteiger partial charge in [-0.3, -0.25) is 9.59 Å². The molecule has 2 aromatic rings. The quantitative estimate of drug-likeness (QED) is 0.696. The second kappa shape index (κ2) is 8.57. The van der Waals surface area contributed by atoms with Gasteiger partial charge in [-0.15, -0.1) is 0 Å². The van der Waals surface area contributed by atoms with Crippen molar-refractivity contribution in [2.24, 2.45) is 0 Å². The molecular formula is C25H31N3O4S. The molecule has 2 amide bonds. The van der Waals surface area contributed by atoms with Crippen LogP contribution in [0.3, 0.4) is 0 Å². The van der Waals surface area contributed by atoms with Crippen LogP contribution in [0.15, 0.2) is 47.4 Å². The number of benzene rings is 2. The van der Waals surface area contributed by atoms with Crippen LogP contribution in [0.4, 0.5) is 11.4 Å². The van der Waals surface area contributed by atoms with Crippen molar-refractivity contribution < 1.29 is 18.0 Å². The molecule has 33 heavy (non-hydrogen) atoms. The van der Waals surface area contributed by atoms with Crippen molar-refractivity contribution in [3.05, 3.63) is 53.6 Å². The number of nitrogens with one attached hydrogen (secondary N) is 1. The highest BCUT2D eigenvalue weighted by Crippen LogP contribution is 2.43. The normalized spacial score (nSPS) is 18.1. The van der Waals surface area contributed by atoms with Gasteiger partial charge in [-0.2, -0.15) is 4.31 Å². The van der Waals surface area contributed by atoms with Gasteiger partial charge in [0.05, 0.1) is 10.3 Å². The number of amides is 2. The Morgan fingerprint density at radius 3 is 2.30 bits per heavy atom. The molecule has 2 aliphatic rings. The molecule has 0 saturated carbocycles. The fourth-order valence-corrected chi connectivity index (χ4v) is 6.05. The lowest BCUT2D eigenvalue weighted by Crippen LogP contribution is -2.40. The van der Waals surface area contributed by atoms with Gasteiger partial charge in [-0.25, -0.2) is 8.42 Å². The second-order valence-corrected chi connectivity index (χ2v) is 11.6. The van der Waals surface area contributed by atoms with Gasteiger partial charge < -0.3 is 10.2 Å². The highest BCUT2D eigenvalue weighted by Gasteiger charge is 2.45. The van der Waals surface area contributed by atoms with E-state index in [0.29, 0.717) is 35.9 Å². The van der Waals surface area contributed by atoms with E-state index in [-0.39, 0.29) is 23.3 Å². The first-order chi connectivity index (χ1) is 15.5. The number of carbonyl (C=O) groups is 2. The van der Waals surface area contributed by atoms with E-state index in [9.17, 15) is 18.0 Å². The summed E-state index contributed by atoms with van der Waals surface area (Å²) in [6, 6.07) is 12.4. The lowest BCUT2D eigenvalue weighted by atomic mass is 9.86. The van der Waals surface area contributed by atoms with Crippen LogP contribution in [-0.2, 0) is 25.0 Å². The minimum absolute atomic E-state index is 0.139. The second-order valence-electron chi connectivity index (χ2n) is 9.63. The van der Waals surface area contributed by atoms with E-state index >= 15 is 0 Å². The summed E-state index contributed by atoms with van der Waals surface area (Å²) in [5, 5.41) is 2.85. The molecule has 0 aliphatic carbocycles. The van der Waals surface area contributed by atoms with Gasteiger partial charge in [-0.05, 0) is 74.1 Å². The molecule has 0 radical (unpaired) electrons. The molecule has 2 heterocycles. The molecule has 1 saturated heterocycles. The first kappa shape index (κ1) is 23.4. The first-order valence-electron chi connectivity index (χ1n) is 11.4. The molecule has 0 unspecified atom stereocenters. The summed E-state index contributed by atoms with van der Waals surface area (Å²) in [4.78, 5) is 27.6. The Morgan fingerprint density at radius 2 is 1.70 bits per heavy atom. The summed E-state index contributed by atoms with van der Waals surface area (Å²) in [7, 11) is -3.59. The Morgan fingerprint density at radius 1 is 1.06 bits per heavy atom. The number of sulfonamides is 1. The topological polar surface area (TPSA) is 86.8 Å². The van der Waals surface area contributed by atoms with E-state index in [1.165, 1.54) is 20.8 Å². The molecule has 0 atom stereocenters. The van der Waals surface area contributed by atoms with Crippen LogP contribution in [0, 0.1) is 0 Å². The first-order valence-corrected chi connectivity index (χ1v) is 12.8. The maximum absolute atomic E-state index is 13.2. The third kappa shape index (κ3) is 4.29. The molecule has 2 aromatic carbocycles. The maximum atomic E-state index is 13.2. The highest BCUT2D eigenvalue weighted by atomic mass is 32.2. The molecule has 0 bridgehead atoms. The Labute approximate surface area is 195 Å². The predicted octanol–water partition coefficient (Wildman–Crippen LogP) is 3.86. The molecular weight excluding hydrogens is 438 g/mol. The number of hydrogen-bond acceptors (Lipinski definition) is 4. The van der Waals surface area contributed by atoms with Crippen LogP contribution in [0.25, 0.3) is 0 Å². The fourth-order valence-electron chi connectivity index (χ4n) is 4.50. The van der Waals surface area contributed by atoms with Crippen LogP contribution in [-0.4, -0.2) is 44.2 Å². The van der Waals surface area contributed by atoms with Gasteiger partial charge in [0.15, 0.2) is 0 Å². The molecule has 0 aromatic heterocycles. The summed E-state index contributed by atoms with van der Waals surface area (Å²) < 4.78 is 27.5. The Balaban J connectivity index is 1.56. The van der Waals surface area contributed by atoms with Gasteiger partial charge in [0.1, 0.15) is 6.54 Å². The SMILES string of the molecule is CC(C)c1ccc(NC(=O)CN2C(=O)C(C)(C)c3cc(S(=O)(=O)N4CCCC4)ccc32)cc1. The van der Waals surface area contributed by atoms with Crippen LogP contribution < -0.4 is 10.2 Å². The summed E-state index contributed by atoms with van der Waals surface area (Å²) in [6.45, 7) is 8.64. The summed E-state index contributed by atoms with van der Waals surface area (Å²) >= 11 is 0. The van der Waals surface area contributed by atoms with Crippen LogP contribution in [0.1, 0.15) is 57.6 Å². The molecule has 1 N–H and O–H groups in total. The van der Waals surface area contributed by atoms with E-state index in [0.717, 1.165) is 12.8 Å². The van der Waals surface area contributed by atoms with Crippen molar-refractivity contribution in [2.45, 2.75) is 56.8 Å². The van der Waals surface area contributed by atoms with Gasteiger partial charge >= 0.3 is 0 Å². The molecule has 0 spiro atoms. The largest absolute Gasteiger partial charge is 0.325 e. The average molecular weight is 470 g/mol. The third-order valence-corrected chi connectivity index (χ3v) is 8.47. The van der Waals surface area contributed by atoms with Crippen LogP contribution >= 0.6 is 0 Å². The molecule has 1 fully saturated rings. The Kier molecular flexibility index (Phi) is 6.09. The van der Waals surface area contributed by atoms with E-state index in [1.807, 2.05) is 24.3 Å². The van der Waals surface area contributed by atoms with Crippen molar-refractivity contribution in [3.63, 3.8) is 0 Å². The minimum atomic E-state index is -3.59. The number of fused-ring (bicyclic) bond motifs is 1. The Bertz CT molecular complexity index is 1180. The van der Waals surface area contributed by atoms with Gasteiger partial charge in [0.25, 0.3) is 0 Å². The zero-order valence-electron chi connectivity index (χ0n) is 19.6. The molecule has 7 nitrogen and oxygen atoms in total. The van der Waals surface area contributed by atoms with Crippen molar-refractivity contribution in [1.29, 1.82) is 0 Å². The predicted molar refractivity (Wildman–Crippen MR) is 129 cm³/mol. The zero-order valence-corrected chi connectivity index (χ0v) is 20.4. The minimum Gasteiger partial charge on any atom is -0.325 e. The van der Waals surface area contributed by atoms with E-state index in [1.54, 1.807) is 26.0 Å². The van der Waals surface area contributed by atoms with Gasteiger partial charge in [0, 0.05) is 24.5 Å². The van der Waals surface area contributed by atoms with Crippen molar-refractivity contribution in [3.8, 4) is 0 Å². The number of hydrogen-bond donors (Lipinski definition) is 1.